The first-order valence-corrected chi connectivity index (χ1v) is 6.28. The predicted octanol–water partition coefficient (Wildman–Crippen LogP) is 2.74. The number of phenolic OH excluding ortho intramolecular Hbond substituents is 1. The van der Waals surface area contributed by atoms with Crippen molar-refractivity contribution in [3.05, 3.63) is 54.1 Å². The van der Waals surface area contributed by atoms with Crippen molar-refractivity contribution in [1.29, 1.82) is 0 Å². The summed E-state index contributed by atoms with van der Waals surface area (Å²) in [7, 11) is 0. The number of carbonyl (C=O) groups is 1. The molecule has 0 saturated carbocycles. The lowest BCUT2D eigenvalue weighted by Gasteiger charge is -2.11. The summed E-state index contributed by atoms with van der Waals surface area (Å²) in [4.78, 5) is 10.9. The number of hydrogen-bond donors (Lipinski definition) is 2. The topological polar surface area (TPSA) is 49.3 Å². The van der Waals surface area contributed by atoms with E-state index >= 15 is 0 Å². The number of carbonyl (C=O) groups excluding carboxylic acids is 1. The van der Waals surface area contributed by atoms with Crippen LogP contribution in [-0.2, 0) is 11.2 Å². The molecule has 2 aromatic carbocycles. The normalized spacial score (nSPS) is 10.2. The lowest BCUT2D eigenvalue weighted by atomic mass is 9.97. The van der Waals surface area contributed by atoms with Crippen LogP contribution >= 0.6 is 0 Å². The SMILES string of the molecule is CC(=O)NCCc1ccc(O)cc1-c1ccccc1. The van der Waals surface area contributed by atoms with Crippen LogP contribution < -0.4 is 5.32 Å². The molecule has 0 bridgehead atoms. The molecule has 2 aromatic rings. The second-order valence-corrected chi connectivity index (χ2v) is 4.44. The van der Waals surface area contributed by atoms with Gasteiger partial charge in [-0.25, -0.2) is 0 Å². The van der Waals surface area contributed by atoms with Gasteiger partial charge in [-0.1, -0.05) is 36.4 Å². The number of hydrogen-bond acceptors (Lipinski definition) is 2. The summed E-state index contributed by atoms with van der Waals surface area (Å²) in [5.41, 5.74) is 3.18. The van der Waals surface area contributed by atoms with Crippen LogP contribution in [0.1, 0.15) is 12.5 Å². The molecule has 0 spiro atoms. The van der Waals surface area contributed by atoms with E-state index in [-0.39, 0.29) is 11.7 Å². The minimum absolute atomic E-state index is 0.0277. The second-order valence-electron chi connectivity index (χ2n) is 4.44. The maximum atomic E-state index is 10.9. The highest BCUT2D eigenvalue weighted by Gasteiger charge is 2.06. The Hall–Kier alpha value is -2.29. The number of rotatable bonds is 4. The molecule has 0 aromatic heterocycles. The van der Waals surface area contributed by atoms with E-state index in [0.717, 1.165) is 23.1 Å². The summed E-state index contributed by atoms with van der Waals surface area (Å²) < 4.78 is 0. The fourth-order valence-corrected chi connectivity index (χ4v) is 2.04. The summed E-state index contributed by atoms with van der Waals surface area (Å²) in [6.07, 6.45) is 0.740. The molecule has 98 valence electrons. The molecule has 19 heavy (non-hydrogen) atoms. The average Bonchev–Trinajstić information content (AvgIpc) is 2.41. The fourth-order valence-electron chi connectivity index (χ4n) is 2.04. The molecule has 0 radical (unpaired) electrons. The molecule has 0 aliphatic carbocycles. The maximum absolute atomic E-state index is 10.9. The number of nitrogens with one attached hydrogen (secondary N) is 1. The molecule has 2 rings (SSSR count). The third-order valence-electron chi connectivity index (χ3n) is 2.95. The summed E-state index contributed by atoms with van der Waals surface area (Å²) >= 11 is 0. The highest BCUT2D eigenvalue weighted by molar-refractivity contribution is 5.73. The Balaban J connectivity index is 2.26. The van der Waals surface area contributed by atoms with Gasteiger partial charge in [-0.15, -0.1) is 0 Å². The van der Waals surface area contributed by atoms with Crippen molar-refractivity contribution >= 4 is 5.91 Å². The van der Waals surface area contributed by atoms with Crippen LogP contribution in [-0.4, -0.2) is 17.6 Å². The van der Waals surface area contributed by atoms with Crippen molar-refractivity contribution in [3.63, 3.8) is 0 Å². The molecule has 0 atom stereocenters. The van der Waals surface area contributed by atoms with E-state index in [0.29, 0.717) is 6.54 Å². The van der Waals surface area contributed by atoms with Crippen LogP contribution in [0.5, 0.6) is 5.75 Å². The predicted molar refractivity (Wildman–Crippen MR) is 75.9 cm³/mol. The number of amides is 1. The van der Waals surface area contributed by atoms with Gasteiger partial charge < -0.3 is 10.4 Å². The summed E-state index contributed by atoms with van der Waals surface area (Å²) in [6.45, 7) is 2.11. The van der Waals surface area contributed by atoms with E-state index in [4.69, 9.17) is 0 Å². The van der Waals surface area contributed by atoms with Crippen molar-refractivity contribution in [3.8, 4) is 16.9 Å². The smallest absolute Gasteiger partial charge is 0.216 e. The summed E-state index contributed by atoms with van der Waals surface area (Å²) in [6, 6.07) is 15.3. The van der Waals surface area contributed by atoms with Crippen molar-refractivity contribution in [2.75, 3.05) is 6.54 Å². The van der Waals surface area contributed by atoms with Crippen molar-refractivity contribution in [2.45, 2.75) is 13.3 Å². The monoisotopic (exact) mass is 255 g/mol. The number of phenols is 1. The van der Waals surface area contributed by atoms with Crippen molar-refractivity contribution < 1.29 is 9.90 Å². The van der Waals surface area contributed by atoms with E-state index in [1.807, 2.05) is 36.4 Å². The first-order chi connectivity index (χ1) is 9.16. The van der Waals surface area contributed by atoms with Gasteiger partial charge in [-0.05, 0) is 35.2 Å². The Kier molecular flexibility index (Phi) is 4.18. The minimum Gasteiger partial charge on any atom is -0.508 e. The maximum Gasteiger partial charge on any atom is 0.216 e. The Morgan fingerprint density at radius 3 is 2.58 bits per heavy atom. The van der Waals surface area contributed by atoms with Gasteiger partial charge in [-0.2, -0.15) is 0 Å². The Morgan fingerprint density at radius 1 is 1.16 bits per heavy atom. The van der Waals surface area contributed by atoms with E-state index < -0.39 is 0 Å². The quantitative estimate of drug-likeness (QED) is 0.882. The minimum atomic E-state index is -0.0277. The van der Waals surface area contributed by atoms with Gasteiger partial charge in [0.25, 0.3) is 0 Å². The highest BCUT2D eigenvalue weighted by Crippen LogP contribution is 2.27. The third-order valence-corrected chi connectivity index (χ3v) is 2.95. The summed E-state index contributed by atoms with van der Waals surface area (Å²) in [5.74, 6) is 0.224. The summed E-state index contributed by atoms with van der Waals surface area (Å²) in [5, 5.41) is 12.4. The van der Waals surface area contributed by atoms with Crippen LogP contribution in [0.2, 0.25) is 0 Å². The zero-order valence-corrected chi connectivity index (χ0v) is 10.9. The van der Waals surface area contributed by atoms with E-state index in [9.17, 15) is 9.90 Å². The molecule has 0 aliphatic rings. The van der Waals surface area contributed by atoms with Crippen LogP contribution in [0.3, 0.4) is 0 Å². The Labute approximate surface area is 112 Å². The standard InChI is InChI=1S/C16H17NO2/c1-12(18)17-10-9-14-7-8-15(19)11-16(14)13-5-3-2-4-6-13/h2-8,11,19H,9-10H2,1H3,(H,17,18). The Bertz CT molecular complexity index is 564. The molecule has 0 heterocycles. The van der Waals surface area contributed by atoms with Gasteiger partial charge >= 0.3 is 0 Å². The van der Waals surface area contributed by atoms with Crippen LogP contribution in [0.4, 0.5) is 0 Å². The average molecular weight is 255 g/mol. The first kappa shape index (κ1) is 13.1. The van der Waals surface area contributed by atoms with Crippen molar-refractivity contribution in [2.24, 2.45) is 0 Å². The van der Waals surface area contributed by atoms with E-state index in [1.54, 1.807) is 12.1 Å². The molecule has 3 nitrogen and oxygen atoms in total. The first-order valence-electron chi connectivity index (χ1n) is 6.28. The third kappa shape index (κ3) is 3.58. The number of aromatic hydroxyl groups is 1. The van der Waals surface area contributed by atoms with Gasteiger partial charge in [0.1, 0.15) is 5.75 Å². The van der Waals surface area contributed by atoms with E-state index in [1.165, 1.54) is 6.92 Å². The molecule has 1 amide bonds. The van der Waals surface area contributed by atoms with E-state index in [2.05, 4.69) is 5.32 Å². The lowest BCUT2D eigenvalue weighted by molar-refractivity contribution is -0.118. The molecule has 3 heteroatoms. The van der Waals surface area contributed by atoms with Gasteiger partial charge in [0.05, 0.1) is 0 Å². The molecular weight excluding hydrogens is 238 g/mol. The van der Waals surface area contributed by atoms with Crippen LogP contribution in [0.15, 0.2) is 48.5 Å². The van der Waals surface area contributed by atoms with Gasteiger partial charge in [0.15, 0.2) is 0 Å². The zero-order valence-electron chi connectivity index (χ0n) is 10.9. The largest absolute Gasteiger partial charge is 0.508 e. The molecular formula is C16H17NO2. The molecule has 0 unspecified atom stereocenters. The number of benzene rings is 2. The second kappa shape index (κ2) is 6.05. The van der Waals surface area contributed by atoms with Crippen molar-refractivity contribution in [1.82, 2.24) is 5.32 Å². The zero-order chi connectivity index (χ0) is 13.7. The molecule has 0 aliphatic heterocycles. The molecule has 2 N–H and O–H groups in total. The molecule has 0 fully saturated rings. The highest BCUT2D eigenvalue weighted by atomic mass is 16.3. The lowest BCUT2D eigenvalue weighted by Crippen LogP contribution is -2.22. The Morgan fingerprint density at radius 2 is 1.89 bits per heavy atom. The van der Waals surface area contributed by atoms with Crippen LogP contribution in [0.25, 0.3) is 11.1 Å². The van der Waals surface area contributed by atoms with Crippen LogP contribution in [0, 0.1) is 0 Å². The van der Waals surface area contributed by atoms with Gasteiger partial charge in [-0.3, -0.25) is 4.79 Å². The molecule has 0 saturated heterocycles. The van der Waals surface area contributed by atoms with Gasteiger partial charge in [0.2, 0.25) is 5.91 Å². The fraction of sp³-hybridized carbons (Fsp3) is 0.188. The van der Waals surface area contributed by atoms with Gasteiger partial charge in [0, 0.05) is 13.5 Å².